The molecular weight excluding hydrogens is 256 g/mol. The number of rotatable bonds is 4. The van der Waals surface area contributed by atoms with Gasteiger partial charge < -0.3 is 15.4 Å². The van der Waals surface area contributed by atoms with Gasteiger partial charge in [-0.25, -0.2) is 12.7 Å². The van der Waals surface area contributed by atoms with E-state index in [0.29, 0.717) is 25.7 Å². The highest BCUT2D eigenvalue weighted by molar-refractivity contribution is 7.89. The molecule has 106 valence electrons. The fourth-order valence-electron chi connectivity index (χ4n) is 1.58. The summed E-state index contributed by atoms with van der Waals surface area (Å²) in [5, 5.41) is 0. The predicted molar refractivity (Wildman–Crippen MR) is 71.0 cm³/mol. The summed E-state index contributed by atoms with van der Waals surface area (Å²) in [6, 6.07) is 0. The molecule has 0 aromatic carbocycles. The molecule has 7 nitrogen and oxygen atoms in total. The smallest absolute Gasteiger partial charge is 0.215 e. The van der Waals surface area contributed by atoms with Gasteiger partial charge in [0.15, 0.2) is 5.96 Å². The lowest BCUT2D eigenvalue weighted by atomic mass is 10.3. The summed E-state index contributed by atoms with van der Waals surface area (Å²) in [5.74, 6) is 0.361. The average molecular weight is 278 g/mol. The summed E-state index contributed by atoms with van der Waals surface area (Å²) in [6.07, 6.45) is 0.123. The van der Waals surface area contributed by atoms with Gasteiger partial charge in [0.05, 0.1) is 25.0 Å². The minimum Gasteiger partial charge on any atom is -0.375 e. The molecule has 0 aliphatic carbocycles. The first-order chi connectivity index (χ1) is 8.33. The van der Waals surface area contributed by atoms with Crippen molar-refractivity contribution in [1.82, 2.24) is 9.21 Å². The highest BCUT2D eigenvalue weighted by Gasteiger charge is 2.18. The van der Waals surface area contributed by atoms with Crippen molar-refractivity contribution >= 4 is 16.0 Å². The number of morpholine rings is 1. The van der Waals surface area contributed by atoms with Crippen LogP contribution in [0, 0.1) is 0 Å². The van der Waals surface area contributed by atoms with Gasteiger partial charge >= 0.3 is 0 Å². The molecule has 1 atom stereocenters. The molecule has 0 aromatic heterocycles. The van der Waals surface area contributed by atoms with Gasteiger partial charge in [0.1, 0.15) is 0 Å². The van der Waals surface area contributed by atoms with Crippen molar-refractivity contribution in [3.63, 3.8) is 0 Å². The Hall–Kier alpha value is -0.860. The molecule has 2 N–H and O–H groups in total. The maximum atomic E-state index is 11.5. The number of ether oxygens (including phenoxy) is 1. The topological polar surface area (TPSA) is 88.2 Å². The van der Waals surface area contributed by atoms with Crippen LogP contribution in [0.3, 0.4) is 0 Å². The minimum atomic E-state index is -3.21. The van der Waals surface area contributed by atoms with Gasteiger partial charge in [0, 0.05) is 27.2 Å². The highest BCUT2D eigenvalue weighted by atomic mass is 32.2. The maximum absolute atomic E-state index is 11.5. The SMILES string of the molecule is CC1CN(C(N)=NCCS(=O)(=O)N(C)C)CCO1. The van der Waals surface area contributed by atoms with Gasteiger partial charge in [-0.2, -0.15) is 0 Å². The summed E-state index contributed by atoms with van der Waals surface area (Å²) < 4.78 is 29.6. The summed E-state index contributed by atoms with van der Waals surface area (Å²) in [7, 11) is -0.196. The maximum Gasteiger partial charge on any atom is 0.215 e. The molecule has 18 heavy (non-hydrogen) atoms. The second kappa shape index (κ2) is 6.35. The first-order valence-corrected chi connectivity index (χ1v) is 7.50. The summed E-state index contributed by atoms with van der Waals surface area (Å²) in [6.45, 7) is 4.15. The van der Waals surface area contributed by atoms with Crippen LogP contribution in [-0.4, -0.2) is 75.8 Å². The lowest BCUT2D eigenvalue weighted by Crippen LogP contribution is -2.48. The Kier molecular flexibility index (Phi) is 5.36. The Labute approximate surface area is 109 Å². The molecule has 8 heteroatoms. The van der Waals surface area contributed by atoms with Crippen LogP contribution >= 0.6 is 0 Å². The number of sulfonamides is 1. The lowest BCUT2D eigenvalue weighted by Gasteiger charge is -2.31. The van der Waals surface area contributed by atoms with Crippen LogP contribution in [-0.2, 0) is 14.8 Å². The second-order valence-electron chi connectivity index (χ2n) is 4.47. The Balaban J connectivity index is 2.47. The fraction of sp³-hybridized carbons (Fsp3) is 0.900. The van der Waals surface area contributed by atoms with Crippen LogP contribution in [0.25, 0.3) is 0 Å². The largest absolute Gasteiger partial charge is 0.375 e. The average Bonchev–Trinajstić information content (AvgIpc) is 2.28. The third kappa shape index (κ3) is 4.43. The molecule has 0 bridgehead atoms. The van der Waals surface area contributed by atoms with E-state index in [0.717, 1.165) is 0 Å². The molecule has 1 unspecified atom stereocenters. The first kappa shape index (κ1) is 15.2. The number of hydrogen-bond donors (Lipinski definition) is 1. The summed E-state index contributed by atoms with van der Waals surface area (Å²) in [5.41, 5.74) is 5.83. The number of hydrogen-bond acceptors (Lipinski definition) is 4. The Bertz CT molecular complexity index is 394. The molecular formula is C10H22N4O3S. The van der Waals surface area contributed by atoms with E-state index in [1.807, 2.05) is 11.8 Å². The third-order valence-electron chi connectivity index (χ3n) is 2.74. The van der Waals surface area contributed by atoms with Crippen molar-refractivity contribution in [3.05, 3.63) is 0 Å². The Morgan fingerprint density at radius 2 is 2.22 bits per heavy atom. The van der Waals surface area contributed by atoms with Crippen LogP contribution in [0.1, 0.15) is 6.92 Å². The van der Waals surface area contributed by atoms with E-state index < -0.39 is 10.0 Å². The van der Waals surface area contributed by atoms with Crippen LogP contribution in [0.4, 0.5) is 0 Å². The van der Waals surface area contributed by atoms with Crippen LogP contribution in [0.2, 0.25) is 0 Å². The van der Waals surface area contributed by atoms with Gasteiger partial charge in [-0.05, 0) is 6.92 Å². The second-order valence-corrected chi connectivity index (χ2v) is 6.77. The number of nitrogens with two attached hydrogens (primary N) is 1. The molecule has 0 amide bonds. The Morgan fingerprint density at radius 1 is 1.56 bits per heavy atom. The van der Waals surface area contributed by atoms with Gasteiger partial charge in [0.2, 0.25) is 10.0 Å². The lowest BCUT2D eigenvalue weighted by molar-refractivity contribution is 0.00531. The molecule has 0 radical (unpaired) electrons. The van der Waals surface area contributed by atoms with E-state index in [2.05, 4.69) is 4.99 Å². The fourth-order valence-corrected chi connectivity index (χ4v) is 2.27. The normalized spacial score (nSPS) is 22.6. The predicted octanol–water partition coefficient (Wildman–Crippen LogP) is -1.09. The summed E-state index contributed by atoms with van der Waals surface area (Å²) in [4.78, 5) is 6.02. The zero-order valence-electron chi connectivity index (χ0n) is 11.2. The molecule has 1 aliphatic rings. The van der Waals surface area contributed by atoms with Crippen molar-refractivity contribution in [1.29, 1.82) is 0 Å². The van der Waals surface area contributed by atoms with Crippen LogP contribution in [0.15, 0.2) is 4.99 Å². The van der Waals surface area contributed by atoms with E-state index in [4.69, 9.17) is 10.5 Å². The van der Waals surface area contributed by atoms with Gasteiger partial charge in [-0.3, -0.25) is 4.99 Å². The molecule has 1 saturated heterocycles. The van der Waals surface area contributed by atoms with Crippen LogP contribution < -0.4 is 5.73 Å². The molecule has 1 aliphatic heterocycles. The van der Waals surface area contributed by atoms with Crippen molar-refractivity contribution < 1.29 is 13.2 Å². The molecule has 1 heterocycles. The standard InChI is InChI=1S/C10H22N4O3S/c1-9-8-14(5-6-17-9)10(11)12-4-7-18(15,16)13(2)3/h9H,4-8H2,1-3H3,(H2,11,12). The molecule has 0 aromatic rings. The van der Waals surface area contributed by atoms with E-state index in [1.165, 1.54) is 18.4 Å². The number of guanidine groups is 1. The zero-order valence-corrected chi connectivity index (χ0v) is 12.0. The van der Waals surface area contributed by atoms with Crippen molar-refractivity contribution in [2.24, 2.45) is 10.7 Å². The minimum absolute atomic E-state index is 0.0272. The van der Waals surface area contributed by atoms with E-state index in [1.54, 1.807) is 0 Å². The van der Waals surface area contributed by atoms with Crippen molar-refractivity contribution in [2.45, 2.75) is 13.0 Å². The van der Waals surface area contributed by atoms with Crippen LogP contribution in [0.5, 0.6) is 0 Å². The van der Waals surface area contributed by atoms with Crippen molar-refractivity contribution in [2.75, 3.05) is 46.1 Å². The van der Waals surface area contributed by atoms with Gasteiger partial charge in [-0.15, -0.1) is 0 Å². The Morgan fingerprint density at radius 3 is 2.78 bits per heavy atom. The monoisotopic (exact) mass is 278 g/mol. The first-order valence-electron chi connectivity index (χ1n) is 5.89. The number of nitrogens with zero attached hydrogens (tertiary/aromatic N) is 3. The van der Waals surface area contributed by atoms with E-state index in [9.17, 15) is 8.42 Å². The van der Waals surface area contributed by atoms with Gasteiger partial charge in [0.25, 0.3) is 0 Å². The quantitative estimate of drug-likeness (QED) is 0.521. The van der Waals surface area contributed by atoms with E-state index >= 15 is 0 Å². The third-order valence-corrected chi connectivity index (χ3v) is 4.56. The highest BCUT2D eigenvalue weighted by Crippen LogP contribution is 2.03. The van der Waals surface area contributed by atoms with E-state index in [-0.39, 0.29) is 18.4 Å². The number of aliphatic imine (C=N–C) groups is 1. The molecule has 0 spiro atoms. The molecule has 0 saturated carbocycles. The zero-order chi connectivity index (χ0) is 13.8. The summed E-state index contributed by atoms with van der Waals surface area (Å²) >= 11 is 0. The van der Waals surface area contributed by atoms with Gasteiger partial charge in [-0.1, -0.05) is 0 Å². The molecule has 1 fully saturated rings. The molecule has 1 rings (SSSR count). The van der Waals surface area contributed by atoms with Crippen molar-refractivity contribution in [3.8, 4) is 0 Å².